The van der Waals surface area contributed by atoms with Crippen LogP contribution in [0.15, 0.2) is 12.1 Å². The van der Waals surface area contributed by atoms with Crippen molar-refractivity contribution in [1.82, 2.24) is 10.2 Å². The van der Waals surface area contributed by atoms with Gasteiger partial charge in [-0.05, 0) is 18.6 Å². The number of carbonyl (C=O) groups is 2. The number of amides is 2. The molecule has 1 fully saturated rings. The fourth-order valence-corrected chi connectivity index (χ4v) is 4.66. The number of thiophene rings is 2. The van der Waals surface area contributed by atoms with Gasteiger partial charge in [0, 0.05) is 34.5 Å². The van der Waals surface area contributed by atoms with Gasteiger partial charge in [-0.25, -0.2) is 9.59 Å². The number of aromatic carboxylic acids is 1. The van der Waals surface area contributed by atoms with Gasteiger partial charge in [-0.1, -0.05) is 0 Å². The predicted octanol–water partition coefficient (Wildman–Crippen LogP) is 2.59. The number of nitrogens with one attached hydrogen (secondary N) is 1. The molecule has 1 aliphatic heterocycles. The van der Waals surface area contributed by atoms with E-state index in [1.165, 1.54) is 22.7 Å². The third kappa shape index (κ3) is 3.08. The quantitative estimate of drug-likeness (QED) is 0.897. The molecule has 1 saturated heterocycles. The first-order valence-corrected chi connectivity index (χ1v) is 8.51. The molecule has 8 heteroatoms. The highest BCUT2D eigenvalue weighted by molar-refractivity contribution is 7.28. The zero-order valence-electron chi connectivity index (χ0n) is 12.0. The van der Waals surface area contributed by atoms with Gasteiger partial charge in [0.2, 0.25) is 0 Å². The number of hydrogen-bond donors (Lipinski definition) is 2. The second kappa shape index (κ2) is 6.23. The second-order valence-electron chi connectivity index (χ2n) is 5.11. The Hall–Kier alpha value is -1.64. The lowest BCUT2D eigenvalue weighted by Crippen LogP contribution is -2.38. The summed E-state index contributed by atoms with van der Waals surface area (Å²) in [6.45, 7) is 1.80. The van der Waals surface area contributed by atoms with Crippen LogP contribution in [0.5, 0.6) is 0 Å². The molecule has 2 aromatic heterocycles. The molecule has 0 aromatic carbocycles. The summed E-state index contributed by atoms with van der Waals surface area (Å²) >= 11 is 2.77. The minimum atomic E-state index is -0.898. The van der Waals surface area contributed by atoms with Crippen molar-refractivity contribution < 1.29 is 19.4 Å². The number of rotatable bonds is 4. The molecule has 0 radical (unpaired) electrons. The lowest BCUT2D eigenvalue weighted by molar-refractivity contribution is 0.0702. The van der Waals surface area contributed by atoms with Crippen LogP contribution in [0.1, 0.15) is 21.0 Å². The lowest BCUT2D eigenvalue weighted by Gasteiger charge is -2.16. The van der Waals surface area contributed by atoms with Crippen molar-refractivity contribution in [2.75, 3.05) is 20.2 Å². The Morgan fingerprint density at radius 1 is 1.41 bits per heavy atom. The molecule has 3 heterocycles. The summed E-state index contributed by atoms with van der Waals surface area (Å²) < 4.78 is 7.15. The largest absolute Gasteiger partial charge is 0.477 e. The molecule has 6 nitrogen and oxygen atoms in total. The number of hydrogen-bond acceptors (Lipinski definition) is 5. The molecule has 2 N–H and O–H groups in total. The number of carboxylic acid groups (broad SMARTS) is 1. The van der Waals surface area contributed by atoms with E-state index in [0.29, 0.717) is 24.5 Å². The van der Waals surface area contributed by atoms with E-state index in [4.69, 9.17) is 9.84 Å². The van der Waals surface area contributed by atoms with Crippen LogP contribution >= 0.6 is 22.7 Å². The SMILES string of the molecule is CO[C@H]1CCN(C(=O)NCc2cc3sc(C(=O)O)cc3s2)C1. The number of fused-ring (bicyclic) bond motifs is 1. The van der Waals surface area contributed by atoms with Crippen LogP contribution in [0.25, 0.3) is 9.40 Å². The van der Waals surface area contributed by atoms with E-state index < -0.39 is 5.97 Å². The molecule has 0 bridgehead atoms. The summed E-state index contributed by atoms with van der Waals surface area (Å²) in [5.74, 6) is -0.898. The van der Waals surface area contributed by atoms with Gasteiger partial charge in [0.05, 0.1) is 12.6 Å². The highest BCUT2D eigenvalue weighted by Gasteiger charge is 2.25. The maximum absolute atomic E-state index is 12.1. The molecule has 3 rings (SSSR count). The standard InChI is InChI=1S/C14H16N2O4S2/c1-20-8-2-3-16(7-8)14(19)15-6-9-4-10-11(21-9)5-12(22-10)13(17)18/h4-5,8H,2-3,6-7H2,1H3,(H,15,19)(H,17,18)/t8-/m0/s1. The molecule has 0 aliphatic carbocycles. The third-order valence-electron chi connectivity index (χ3n) is 3.65. The van der Waals surface area contributed by atoms with Gasteiger partial charge >= 0.3 is 12.0 Å². The average Bonchev–Trinajstić information content (AvgIpc) is 3.17. The van der Waals surface area contributed by atoms with Crippen LogP contribution in [-0.4, -0.2) is 48.3 Å². The molecule has 0 saturated carbocycles. The Labute approximate surface area is 135 Å². The zero-order valence-corrected chi connectivity index (χ0v) is 13.6. The zero-order chi connectivity index (χ0) is 15.7. The van der Waals surface area contributed by atoms with Crippen molar-refractivity contribution in [2.45, 2.75) is 19.1 Å². The van der Waals surface area contributed by atoms with Crippen molar-refractivity contribution in [3.8, 4) is 0 Å². The highest BCUT2D eigenvalue weighted by Crippen LogP contribution is 2.33. The molecular formula is C14H16N2O4S2. The summed E-state index contributed by atoms with van der Waals surface area (Å²) in [7, 11) is 1.66. The van der Waals surface area contributed by atoms with Crippen LogP contribution in [0.3, 0.4) is 0 Å². The number of ether oxygens (including phenoxy) is 1. The van der Waals surface area contributed by atoms with E-state index in [-0.39, 0.29) is 12.1 Å². The topological polar surface area (TPSA) is 78.9 Å². The Kier molecular flexibility index (Phi) is 4.32. The highest BCUT2D eigenvalue weighted by atomic mass is 32.1. The number of nitrogens with zero attached hydrogens (tertiary/aromatic N) is 1. The van der Waals surface area contributed by atoms with E-state index in [2.05, 4.69) is 5.32 Å². The van der Waals surface area contributed by atoms with Gasteiger partial charge in [-0.2, -0.15) is 0 Å². The number of carboxylic acids is 1. The number of likely N-dealkylation sites (tertiary alicyclic amines) is 1. The molecule has 22 heavy (non-hydrogen) atoms. The van der Waals surface area contributed by atoms with E-state index in [1.807, 2.05) is 6.07 Å². The number of methoxy groups -OCH3 is 1. The van der Waals surface area contributed by atoms with E-state index >= 15 is 0 Å². The van der Waals surface area contributed by atoms with Gasteiger partial charge in [0.1, 0.15) is 4.88 Å². The first-order valence-electron chi connectivity index (χ1n) is 6.88. The van der Waals surface area contributed by atoms with Gasteiger partial charge in [-0.3, -0.25) is 0 Å². The molecule has 0 unspecified atom stereocenters. The van der Waals surface area contributed by atoms with Crippen LogP contribution in [0, 0.1) is 0 Å². The molecule has 2 amide bonds. The van der Waals surface area contributed by atoms with Crippen molar-refractivity contribution in [3.05, 3.63) is 21.9 Å². The molecule has 2 aromatic rings. The van der Waals surface area contributed by atoms with Crippen LogP contribution < -0.4 is 5.32 Å². The van der Waals surface area contributed by atoms with Gasteiger partial charge < -0.3 is 20.1 Å². The smallest absolute Gasteiger partial charge is 0.345 e. The number of urea groups is 1. The summed E-state index contributed by atoms with van der Waals surface area (Å²) in [5, 5.41) is 11.9. The van der Waals surface area contributed by atoms with Crippen molar-refractivity contribution in [2.24, 2.45) is 0 Å². The summed E-state index contributed by atoms with van der Waals surface area (Å²) in [5.41, 5.74) is 0. The minimum Gasteiger partial charge on any atom is -0.477 e. The first kappa shape index (κ1) is 15.3. The van der Waals surface area contributed by atoms with Crippen LogP contribution in [-0.2, 0) is 11.3 Å². The molecule has 1 atom stereocenters. The van der Waals surface area contributed by atoms with Gasteiger partial charge in [0.25, 0.3) is 0 Å². The van der Waals surface area contributed by atoms with E-state index in [9.17, 15) is 9.59 Å². The average molecular weight is 340 g/mol. The second-order valence-corrected chi connectivity index (χ2v) is 7.36. The Morgan fingerprint density at radius 3 is 2.82 bits per heavy atom. The lowest BCUT2D eigenvalue weighted by atomic mass is 10.3. The number of carbonyl (C=O) groups excluding carboxylic acids is 1. The van der Waals surface area contributed by atoms with Crippen molar-refractivity contribution >= 4 is 44.1 Å². The van der Waals surface area contributed by atoms with Crippen LogP contribution in [0.4, 0.5) is 4.79 Å². The van der Waals surface area contributed by atoms with E-state index in [0.717, 1.165) is 20.7 Å². The predicted molar refractivity (Wildman–Crippen MR) is 85.9 cm³/mol. The monoisotopic (exact) mass is 340 g/mol. The minimum absolute atomic E-state index is 0.0810. The summed E-state index contributed by atoms with van der Waals surface area (Å²) in [4.78, 5) is 26.1. The van der Waals surface area contributed by atoms with Gasteiger partial charge in [-0.15, -0.1) is 22.7 Å². The summed E-state index contributed by atoms with van der Waals surface area (Å²) in [6, 6.07) is 3.55. The Balaban J connectivity index is 1.58. The maximum atomic E-state index is 12.1. The van der Waals surface area contributed by atoms with Crippen LogP contribution in [0.2, 0.25) is 0 Å². The fraction of sp³-hybridized carbons (Fsp3) is 0.429. The maximum Gasteiger partial charge on any atom is 0.345 e. The van der Waals surface area contributed by atoms with E-state index in [1.54, 1.807) is 18.1 Å². The van der Waals surface area contributed by atoms with Crippen molar-refractivity contribution in [3.63, 3.8) is 0 Å². The van der Waals surface area contributed by atoms with Gasteiger partial charge in [0.15, 0.2) is 0 Å². The normalized spacial score (nSPS) is 18.0. The Bertz CT molecular complexity index is 677. The van der Waals surface area contributed by atoms with Crippen molar-refractivity contribution in [1.29, 1.82) is 0 Å². The molecule has 1 aliphatic rings. The molecule has 0 spiro atoms. The third-order valence-corrected chi connectivity index (χ3v) is 5.93. The summed E-state index contributed by atoms with van der Waals surface area (Å²) in [6.07, 6.45) is 1.00. The Morgan fingerprint density at radius 2 is 2.18 bits per heavy atom. The fourth-order valence-electron chi connectivity index (χ4n) is 2.46. The molecular weight excluding hydrogens is 324 g/mol. The first-order chi connectivity index (χ1) is 10.6. The molecule has 118 valence electrons.